The van der Waals surface area contributed by atoms with Crippen LogP contribution < -0.4 is 0 Å². The molecule has 2 rings (SSSR count). The molecule has 0 amide bonds. The Morgan fingerprint density at radius 1 is 1.50 bits per heavy atom. The number of thioether (sulfide) groups is 1. The van der Waals surface area contributed by atoms with E-state index >= 15 is 0 Å². The molecule has 1 unspecified atom stereocenters. The molecule has 0 aliphatic carbocycles. The molecule has 0 spiro atoms. The van der Waals surface area contributed by atoms with Gasteiger partial charge in [0.15, 0.2) is 0 Å². The Morgan fingerprint density at radius 2 is 2.42 bits per heavy atom. The van der Waals surface area contributed by atoms with Crippen LogP contribution in [0.4, 0.5) is 0 Å². The van der Waals surface area contributed by atoms with Crippen LogP contribution in [0.5, 0.6) is 0 Å². The second kappa shape index (κ2) is 3.62. The van der Waals surface area contributed by atoms with E-state index in [2.05, 4.69) is 38.5 Å². The van der Waals surface area contributed by atoms with E-state index in [-0.39, 0.29) is 0 Å². The van der Waals surface area contributed by atoms with Gasteiger partial charge in [-0.25, -0.2) is 0 Å². The van der Waals surface area contributed by atoms with Gasteiger partial charge in [0.25, 0.3) is 0 Å². The molecule has 3 heteroatoms. The zero-order chi connectivity index (χ0) is 8.39. The number of nitrogens with zero attached hydrogens (tertiary/aromatic N) is 1. The molecule has 1 atom stereocenters. The van der Waals surface area contributed by atoms with E-state index in [4.69, 9.17) is 0 Å². The molecule has 1 aromatic rings. The van der Waals surface area contributed by atoms with Crippen LogP contribution in [-0.4, -0.2) is 10.7 Å². The summed E-state index contributed by atoms with van der Waals surface area (Å²) < 4.78 is 1.06. The summed E-state index contributed by atoms with van der Waals surface area (Å²) in [5.41, 5.74) is 1.30. The highest BCUT2D eigenvalue weighted by molar-refractivity contribution is 9.10. The van der Waals surface area contributed by atoms with Crippen LogP contribution in [0.3, 0.4) is 0 Å². The standard InChI is InChI=1S/C9H8BrNS/c10-9-3-8(4-11-5-9)7-1-2-12-6-7/h1-5,7H,6H2. The highest BCUT2D eigenvalue weighted by Gasteiger charge is 2.12. The first-order chi connectivity index (χ1) is 5.86. The molecule has 0 saturated heterocycles. The third kappa shape index (κ3) is 1.72. The van der Waals surface area contributed by atoms with Gasteiger partial charge in [-0.3, -0.25) is 4.98 Å². The van der Waals surface area contributed by atoms with E-state index in [1.807, 2.05) is 24.2 Å². The van der Waals surface area contributed by atoms with Crippen molar-refractivity contribution in [3.8, 4) is 0 Å². The largest absolute Gasteiger partial charge is 0.263 e. The fourth-order valence-electron chi connectivity index (χ4n) is 1.20. The van der Waals surface area contributed by atoms with Crippen LogP contribution in [-0.2, 0) is 0 Å². The van der Waals surface area contributed by atoms with Crippen LogP contribution >= 0.6 is 27.7 Å². The molecule has 1 aliphatic rings. The predicted molar refractivity (Wildman–Crippen MR) is 56.3 cm³/mol. The summed E-state index contributed by atoms with van der Waals surface area (Å²) in [6, 6.07) is 2.13. The molecular weight excluding hydrogens is 234 g/mol. The average molecular weight is 242 g/mol. The van der Waals surface area contributed by atoms with Gasteiger partial charge in [0.05, 0.1) is 0 Å². The first kappa shape index (κ1) is 8.32. The lowest BCUT2D eigenvalue weighted by molar-refractivity contribution is 0.980. The summed E-state index contributed by atoms with van der Waals surface area (Å²) in [6.07, 6.45) is 5.98. The van der Waals surface area contributed by atoms with Gasteiger partial charge in [-0.15, -0.1) is 11.8 Å². The zero-order valence-corrected chi connectivity index (χ0v) is 8.81. The Hall–Kier alpha value is -0.280. The van der Waals surface area contributed by atoms with E-state index in [0.29, 0.717) is 5.92 Å². The third-order valence-corrected chi connectivity index (χ3v) is 3.17. The van der Waals surface area contributed by atoms with Crippen molar-refractivity contribution >= 4 is 27.7 Å². The van der Waals surface area contributed by atoms with Gasteiger partial charge in [0, 0.05) is 28.5 Å². The first-order valence-electron chi connectivity index (χ1n) is 3.75. The van der Waals surface area contributed by atoms with Gasteiger partial charge < -0.3 is 0 Å². The monoisotopic (exact) mass is 241 g/mol. The van der Waals surface area contributed by atoms with Gasteiger partial charge in [-0.2, -0.15) is 0 Å². The number of hydrogen-bond donors (Lipinski definition) is 0. The molecule has 0 aromatic carbocycles. The van der Waals surface area contributed by atoms with E-state index < -0.39 is 0 Å². The number of allylic oxidation sites excluding steroid dienone is 1. The molecule has 12 heavy (non-hydrogen) atoms. The lowest BCUT2D eigenvalue weighted by atomic mass is 10.0. The topological polar surface area (TPSA) is 12.9 Å². The fourth-order valence-corrected chi connectivity index (χ4v) is 2.51. The predicted octanol–water partition coefficient (Wildman–Crippen LogP) is 3.19. The van der Waals surface area contributed by atoms with Gasteiger partial charge in [0.2, 0.25) is 0 Å². The Labute approximate surface area is 84.4 Å². The van der Waals surface area contributed by atoms with Gasteiger partial charge in [0.1, 0.15) is 0 Å². The van der Waals surface area contributed by atoms with Crippen LogP contribution in [0.25, 0.3) is 0 Å². The average Bonchev–Trinajstić information content (AvgIpc) is 2.56. The van der Waals surface area contributed by atoms with Crippen molar-refractivity contribution in [2.45, 2.75) is 5.92 Å². The molecule has 0 saturated carbocycles. The Kier molecular flexibility index (Phi) is 2.51. The van der Waals surface area contributed by atoms with Crippen molar-refractivity contribution in [2.75, 3.05) is 5.75 Å². The van der Waals surface area contributed by atoms with E-state index in [1.54, 1.807) is 0 Å². The Bertz CT molecular complexity index is 311. The second-order valence-electron chi connectivity index (χ2n) is 2.70. The van der Waals surface area contributed by atoms with Crippen molar-refractivity contribution in [2.24, 2.45) is 0 Å². The maximum atomic E-state index is 4.14. The molecule has 1 aliphatic heterocycles. The number of aromatic nitrogens is 1. The van der Waals surface area contributed by atoms with Gasteiger partial charge >= 0.3 is 0 Å². The van der Waals surface area contributed by atoms with Crippen molar-refractivity contribution in [3.05, 3.63) is 40.0 Å². The highest BCUT2D eigenvalue weighted by atomic mass is 79.9. The number of rotatable bonds is 1. The number of halogens is 1. The van der Waals surface area contributed by atoms with Crippen molar-refractivity contribution < 1.29 is 0 Å². The molecule has 62 valence electrons. The third-order valence-electron chi connectivity index (χ3n) is 1.84. The lowest BCUT2D eigenvalue weighted by Gasteiger charge is -2.05. The van der Waals surface area contributed by atoms with Crippen LogP contribution in [0.2, 0.25) is 0 Å². The normalized spacial score (nSPS) is 21.6. The molecule has 0 N–H and O–H groups in total. The molecular formula is C9H8BrNS. The van der Waals surface area contributed by atoms with Gasteiger partial charge in [-0.1, -0.05) is 6.08 Å². The lowest BCUT2D eigenvalue weighted by Crippen LogP contribution is -1.94. The minimum Gasteiger partial charge on any atom is -0.263 e. The second-order valence-corrected chi connectivity index (χ2v) is 4.56. The summed E-state index contributed by atoms with van der Waals surface area (Å²) in [7, 11) is 0. The van der Waals surface area contributed by atoms with Crippen molar-refractivity contribution in [3.63, 3.8) is 0 Å². The quantitative estimate of drug-likeness (QED) is 0.750. The van der Waals surface area contributed by atoms with Crippen molar-refractivity contribution in [1.29, 1.82) is 0 Å². The summed E-state index contributed by atoms with van der Waals surface area (Å²) in [5, 5.41) is 2.16. The maximum absolute atomic E-state index is 4.14. The van der Waals surface area contributed by atoms with Gasteiger partial charge in [-0.05, 0) is 33.0 Å². The fraction of sp³-hybridized carbons (Fsp3) is 0.222. The minimum absolute atomic E-state index is 0.556. The summed E-state index contributed by atoms with van der Waals surface area (Å²) in [4.78, 5) is 4.14. The Balaban J connectivity index is 2.27. The van der Waals surface area contributed by atoms with E-state index in [1.165, 1.54) is 5.56 Å². The molecule has 2 heterocycles. The van der Waals surface area contributed by atoms with E-state index in [0.717, 1.165) is 10.2 Å². The Morgan fingerprint density at radius 3 is 3.08 bits per heavy atom. The summed E-state index contributed by atoms with van der Waals surface area (Å²) in [6.45, 7) is 0. The highest BCUT2D eigenvalue weighted by Crippen LogP contribution is 2.29. The van der Waals surface area contributed by atoms with Crippen LogP contribution in [0.15, 0.2) is 34.4 Å². The smallest absolute Gasteiger partial charge is 0.0410 e. The maximum Gasteiger partial charge on any atom is 0.0410 e. The molecule has 1 aromatic heterocycles. The van der Waals surface area contributed by atoms with E-state index in [9.17, 15) is 0 Å². The molecule has 0 radical (unpaired) electrons. The zero-order valence-electron chi connectivity index (χ0n) is 6.40. The first-order valence-corrected chi connectivity index (χ1v) is 5.59. The SMILES string of the molecule is Brc1cncc(C2C=CSC2)c1. The van der Waals surface area contributed by atoms with Crippen molar-refractivity contribution in [1.82, 2.24) is 4.98 Å². The molecule has 1 nitrogen and oxygen atoms in total. The number of pyridine rings is 1. The minimum atomic E-state index is 0.556. The van der Waals surface area contributed by atoms with Crippen LogP contribution in [0.1, 0.15) is 11.5 Å². The summed E-state index contributed by atoms with van der Waals surface area (Å²) in [5.74, 6) is 1.71. The molecule has 0 bridgehead atoms. The number of hydrogen-bond acceptors (Lipinski definition) is 2. The summed E-state index contributed by atoms with van der Waals surface area (Å²) >= 11 is 5.28. The van der Waals surface area contributed by atoms with Crippen LogP contribution in [0, 0.1) is 0 Å². The molecule has 0 fully saturated rings.